The molecule has 3 heterocycles. The van der Waals surface area contributed by atoms with Crippen LogP contribution in [0.4, 0.5) is 10.2 Å². The summed E-state index contributed by atoms with van der Waals surface area (Å²) < 4.78 is 49.0. The Labute approximate surface area is 206 Å². The van der Waals surface area contributed by atoms with Crippen LogP contribution >= 0.6 is 0 Å². The molecule has 10 nitrogen and oxygen atoms in total. The van der Waals surface area contributed by atoms with Crippen molar-refractivity contribution in [2.24, 2.45) is 11.1 Å². The van der Waals surface area contributed by atoms with Gasteiger partial charge in [-0.25, -0.2) is 19.5 Å². The zero-order chi connectivity index (χ0) is 25.3. The number of anilines is 1. The summed E-state index contributed by atoms with van der Waals surface area (Å²) in [7, 11) is -4.10. The van der Waals surface area contributed by atoms with E-state index in [1.54, 1.807) is 18.5 Å². The van der Waals surface area contributed by atoms with Gasteiger partial charge >= 0.3 is 10.3 Å². The topological polar surface area (TPSA) is 142 Å². The molecule has 0 saturated heterocycles. The van der Waals surface area contributed by atoms with Gasteiger partial charge in [0, 0.05) is 29.5 Å². The van der Waals surface area contributed by atoms with Gasteiger partial charge in [0.15, 0.2) is 5.78 Å². The number of hydrogen-bond donors (Lipinski definition) is 2. The standard InChI is InChI=1S/C24H24FN5O5S/c25-20-7-15(13-34-36(26,32)33)8-21(20)29-24-19(10-27-14-28-24)23(31)17-5-6-30(11-17)12-18-9-16-3-1-2-4-22(16)35-18/h1-6,9-11,14-15,20-21H,7-8,12-13H2,(H2,26,32,33)(H,27,28,29)/t15-,20+,21-/m1/s1. The third-order valence-corrected chi connectivity index (χ3v) is 6.62. The van der Waals surface area contributed by atoms with Gasteiger partial charge in [0.05, 0.1) is 24.8 Å². The van der Waals surface area contributed by atoms with E-state index in [1.807, 2.05) is 34.9 Å². The molecule has 4 aromatic rings. The van der Waals surface area contributed by atoms with Gasteiger partial charge in [0.25, 0.3) is 0 Å². The fourth-order valence-corrected chi connectivity index (χ4v) is 4.85. The number of hydrogen-bond acceptors (Lipinski definition) is 8. The fourth-order valence-electron chi connectivity index (χ4n) is 4.47. The minimum atomic E-state index is -4.10. The third-order valence-electron chi connectivity index (χ3n) is 6.16. The van der Waals surface area contributed by atoms with Gasteiger partial charge in [0.1, 0.15) is 29.7 Å². The molecule has 12 heteroatoms. The maximum absolute atomic E-state index is 14.6. The molecule has 0 unspecified atom stereocenters. The molecule has 3 aromatic heterocycles. The number of nitrogens with two attached hydrogens (primary N) is 1. The van der Waals surface area contributed by atoms with E-state index in [0.717, 1.165) is 16.7 Å². The van der Waals surface area contributed by atoms with Crippen molar-refractivity contribution >= 4 is 32.9 Å². The smallest absolute Gasteiger partial charge is 0.333 e. The molecule has 36 heavy (non-hydrogen) atoms. The van der Waals surface area contributed by atoms with Crippen molar-refractivity contribution in [3.8, 4) is 0 Å². The van der Waals surface area contributed by atoms with E-state index >= 15 is 0 Å². The summed E-state index contributed by atoms with van der Waals surface area (Å²) in [6.07, 6.45) is 5.27. The summed E-state index contributed by atoms with van der Waals surface area (Å²) in [5, 5.41) is 8.85. The molecule has 0 radical (unpaired) electrons. The van der Waals surface area contributed by atoms with Crippen LogP contribution in [0.5, 0.6) is 0 Å². The predicted molar refractivity (Wildman–Crippen MR) is 129 cm³/mol. The molecule has 5 rings (SSSR count). The summed E-state index contributed by atoms with van der Waals surface area (Å²) in [6, 6.07) is 10.7. The van der Waals surface area contributed by atoms with Crippen molar-refractivity contribution in [1.82, 2.24) is 14.5 Å². The van der Waals surface area contributed by atoms with Gasteiger partial charge in [-0.15, -0.1) is 0 Å². The number of rotatable bonds is 9. The number of carbonyl (C=O) groups is 1. The minimum absolute atomic E-state index is 0.103. The first-order chi connectivity index (χ1) is 17.2. The first-order valence-electron chi connectivity index (χ1n) is 11.3. The van der Waals surface area contributed by atoms with Crippen LogP contribution in [0, 0.1) is 5.92 Å². The molecule has 3 N–H and O–H groups in total. The van der Waals surface area contributed by atoms with E-state index in [-0.39, 0.29) is 36.1 Å². The Morgan fingerprint density at radius 2 is 2.11 bits per heavy atom. The Morgan fingerprint density at radius 3 is 2.92 bits per heavy atom. The number of carbonyl (C=O) groups excluding carboxylic acids is 1. The number of benzene rings is 1. The van der Waals surface area contributed by atoms with E-state index in [2.05, 4.69) is 19.5 Å². The van der Waals surface area contributed by atoms with Gasteiger partial charge in [-0.3, -0.25) is 8.98 Å². The number of furan rings is 1. The Hall–Kier alpha value is -3.61. The number of ketones is 1. The molecule has 1 aliphatic rings. The Balaban J connectivity index is 1.28. The van der Waals surface area contributed by atoms with Crippen LogP contribution in [0.2, 0.25) is 0 Å². The molecule has 1 saturated carbocycles. The van der Waals surface area contributed by atoms with Crippen LogP contribution in [0.1, 0.15) is 34.5 Å². The maximum atomic E-state index is 14.6. The van der Waals surface area contributed by atoms with Gasteiger partial charge in [-0.2, -0.15) is 8.42 Å². The second-order valence-electron chi connectivity index (χ2n) is 8.82. The van der Waals surface area contributed by atoms with Gasteiger partial charge < -0.3 is 14.3 Å². The van der Waals surface area contributed by atoms with E-state index in [4.69, 9.17) is 9.56 Å². The quantitative estimate of drug-likeness (QED) is 0.325. The van der Waals surface area contributed by atoms with Crippen molar-refractivity contribution in [1.29, 1.82) is 0 Å². The fraction of sp³-hybridized carbons (Fsp3) is 0.292. The summed E-state index contributed by atoms with van der Waals surface area (Å²) in [5.74, 6) is 0.307. The van der Waals surface area contributed by atoms with E-state index in [9.17, 15) is 17.6 Å². The van der Waals surface area contributed by atoms with Gasteiger partial charge in [0.2, 0.25) is 0 Å². The molecule has 1 aliphatic carbocycles. The highest BCUT2D eigenvalue weighted by Crippen LogP contribution is 2.32. The van der Waals surface area contributed by atoms with Crippen molar-refractivity contribution in [2.45, 2.75) is 31.6 Å². The highest BCUT2D eigenvalue weighted by Gasteiger charge is 2.36. The van der Waals surface area contributed by atoms with E-state index < -0.39 is 22.5 Å². The molecule has 188 valence electrons. The third kappa shape index (κ3) is 5.45. The predicted octanol–water partition coefficient (Wildman–Crippen LogP) is 3.05. The monoisotopic (exact) mass is 513 g/mol. The molecular formula is C24H24FN5O5S. The Kier molecular flexibility index (Phi) is 6.56. The molecule has 1 fully saturated rings. The molecule has 3 atom stereocenters. The highest BCUT2D eigenvalue weighted by molar-refractivity contribution is 7.84. The number of para-hydroxylation sites is 1. The second kappa shape index (κ2) is 9.80. The molecule has 0 bridgehead atoms. The Bertz CT molecular complexity index is 1470. The highest BCUT2D eigenvalue weighted by atomic mass is 32.2. The molecule has 0 amide bonds. The van der Waals surface area contributed by atoms with Crippen LogP contribution < -0.4 is 10.5 Å². The normalized spacial score (nSPS) is 20.1. The SMILES string of the molecule is NS(=O)(=O)OC[C@@H]1C[C@H](F)[C@H](Nc2ncncc2C(=O)c2ccn(Cc3cc4ccccc4o3)c2)C1. The van der Waals surface area contributed by atoms with Crippen LogP contribution in [0.15, 0.2) is 65.7 Å². The number of halogens is 1. The minimum Gasteiger partial charge on any atom is -0.459 e. The zero-order valence-electron chi connectivity index (χ0n) is 19.1. The number of nitrogens with zero attached hydrogens (tertiary/aromatic N) is 3. The van der Waals surface area contributed by atoms with E-state index in [0.29, 0.717) is 18.5 Å². The summed E-state index contributed by atoms with van der Waals surface area (Å²) >= 11 is 0. The molecular weight excluding hydrogens is 489 g/mol. The molecule has 0 spiro atoms. The molecule has 1 aromatic carbocycles. The molecule has 0 aliphatic heterocycles. The number of fused-ring (bicyclic) bond motifs is 1. The van der Waals surface area contributed by atoms with Crippen LogP contribution in [-0.2, 0) is 21.0 Å². The first kappa shape index (κ1) is 24.1. The maximum Gasteiger partial charge on any atom is 0.333 e. The number of alkyl halides is 1. The number of nitrogens with one attached hydrogen (secondary N) is 1. The zero-order valence-corrected chi connectivity index (χ0v) is 19.9. The van der Waals surface area contributed by atoms with Gasteiger partial charge in [-0.1, -0.05) is 18.2 Å². The van der Waals surface area contributed by atoms with Crippen molar-refractivity contribution in [3.05, 3.63) is 78.2 Å². The van der Waals surface area contributed by atoms with E-state index in [1.165, 1.54) is 12.5 Å². The van der Waals surface area contributed by atoms with Gasteiger partial charge in [-0.05, 0) is 37.0 Å². The second-order valence-corrected chi connectivity index (χ2v) is 10.0. The first-order valence-corrected chi connectivity index (χ1v) is 12.8. The summed E-state index contributed by atoms with van der Waals surface area (Å²) in [4.78, 5) is 21.4. The lowest BCUT2D eigenvalue weighted by Gasteiger charge is -2.17. The van der Waals surface area contributed by atoms with Crippen molar-refractivity contribution in [3.63, 3.8) is 0 Å². The van der Waals surface area contributed by atoms with Crippen LogP contribution in [0.3, 0.4) is 0 Å². The Morgan fingerprint density at radius 1 is 1.28 bits per heavy atom. The summed E-state index contributed by atoms with van der Waals surface area (Å²) in [5.41, 5.74) is 1.42. The van der Waals surface area contributed by atoms with Crippen LogP contribution in [-0.4, -0.2) is 47.6 Å². The average Bonchev–Trinajstić information content (AvgIpc) is 3.56. The lowest BCUT2D eigenvalue weighted by Crippen LogP contribution is -2.27. The largest absolute Gasteiger partial charge is 0.459 e. The average molecular weight is 514 g/mol. The lowest BCUT2D eigenvalue weighted by atomic mass is 10.1. The van der Waals surface area contributed by atoms with Crippen molar-refractivity contribution in [2.75, 3.05) is 11.9 Å². The number of aromatic nitrogens is 3. The summed E-state index contributed by atoms with van der Waals surface area (Å²) in [6.45, 7) is 0.248. The lowest BCUT2D eigenvalue weighted by molar-refractivity contribution is 0.103. The van der Waals surface area contributed by atoms with Crippen LogP contribution in [0.25, 0.3) is 11.0 Å². The van der Waals surface area contributed by atoms with Crippen molar-refractivity contribution < 1.29 is 26.2 Å².